The van der Waals surface area contributed by atoms with Crippen LogP contribution in [0.25, 0.3) is 43.4 Å². The van der Waals surface area contributed by atoms with Crippen LogP contribution in [-0.2, 0) is 20.7 Å². The van der Waals surface area contributed by atoms with Gasteiger partial charge in [0.15, 0.2) is 0 Å². The van der Waals surface area contributed by atoms with Gasteiger partial charge in [-0.15, -0.1) is 68.0 Å². The predicted octanol–water partition coefficient (Wildman–Crippen LogP) is 6.39. The fraction of sp³-hybridized carbons (Fsp3) is 0.305. The number of aromatic nitrogens is 7. The molecule has 7 aromatic heterocycles. The van der Waals surface area contributed by atoms with Crippen molar-refractivity contribution in [1.82, 2.24) is 60.6 Å². The zero-order valence-corrected chi connectivity index (χ0v) is 52.3. The van der Waals surface area contributed by atoms with Crippen molar-refractivity contribution in [3.63, 3.8) is 0 Å². The topological polar surface area (TPSA) is 346 Å². The van der Waals surface area contributed by atoms with E-state index in [9.17, 15) is 34.2 Å². The molecule has 3 aliphatic rings. The molecule has 0 aliphatic carbocycles. The summed E-state index contributed by atoms with van der Waals surface area (Å²) in [5.41, 5.74) is 14.5. The van der Waals surface area contributed by atoms with Crippen molar-refractivity contribution in [2.75, 3.05) is 46.0 Å². The second kappa shape index (κ2) is 26.5. The fourth-order valence-electron chi connectivity index (χ4n) is 10.5. The normalized spacial score (nSPS) is 20.5. The molecular formula is C59H56N14O10S6. The summed E-state index contributed by atoms with van der Waals surface area (Å²) in [7, 11) is 0. The molecule has 2 fully saturated rings. The first-order valence-corrected chi connectivity index (χ1v) is 33.2. The molecule has 30 heteroatoms. The summed E-state index contributed by atoms with van der Waals surface area (Å²) in [6.07, 6.45) is -2.74. The average molecular weight is 1310 g/mol. The number of fused-ring (bicyclic) bond motifs is 16. The lowest BCUT2D eigenvalue weighted by Gasteiger charge is -2.29. The molecule has 89 heavy (non-hydrogen) atoms. The number of thiazole rings is 6. The van der Waals surface area contributed by atoms with Crippen LogP contribution in [0.4, 0.5) is 0 Å². The van der Waals surface area contributed by atoms with E-state index in [-0.39, 0.29) is 45.8 Å². The second-order valence-corrected chi connectivity index (χ2v) is 26.8. The van der Waals surface area contributed by atoms with Crippen molar-refractivity contribution in [2.24, 2.45) is 17.4 Å². The van der Waals surface area contributed by atoms with Crippen LogP contribution in [0.2, 0.25) is 0 Å². The van der Waals surface area contributed by atoms with Gasteiger partial charge in [-0.2, -0.15) is 0 Å². The number of aliphatic hydroxyl groups is 2. The number of nitrogens with zero attached hydrogens (tertiary/aromatic N) is 9. The van der Waals surface area contributed by atoms with Crippen molar-refractivity contribution in [2.45, 2.75) is 63.1 Å². The van der Waals surface area contributed by atoms with Gasteiger partial charge < -0.3 is 52.0 Å². The van der Waals surface area contributed by atoms with E-state index in [1.54, 1.807) is 65.0 Å². The highest BCUT2D eigenvalue weighted by atomic mass is 32.1. The molecule has 12 rings (SSSR count). The third-order valence-corrected chi connectivity index (χ3v) is 20.8. The van der Waals surface area contributed by atoms with Gasteiger partial charge in [0.25, 0.3) is 23.6 Å². The Morgan fingerprint density at radius 1 is 0.697 bits per heavy atom. The number of pyridine rings is 1. The van der Waals surface area contributed by atoms with Gasteiger partial charge >= 0.3 is 0 Å². The van der Waals surface area contributed by atoms with Crippen LogP contribution in [-0.4, -0.2) is 148 Å². The number of nitrogens with one attached hydrogen (secondary N) is 3. The lowest BCUT2D eigenvalue weighted by atomic mass is 10.00. The third-order valence-electron chi connectivity index (χ3n) is 15.2. The molecular weight excluding hydrogens is 1260 g/mol. The number of carbonyl (C=O) groups is 6. The highest BCUT2D eigenvalue weighted by Crippen LogP contribution is 2.43. The van der Waals surface area contributed by atoms with Crippen LogP contribution in [0, 0.1) is 12.8 Å². The lowest BCUT2D eigenvalue weighted by Crippen LogP contribution is -2.50. The van der Waals surface area contributed by atoms with Crippen molar-refractivity contribution in [3.05, 3.63) is 147 Å². The van der Waals surface area contributed by atoms with Gasteiger partial charge in [0.1, 0.15) is 100 Å². The number of hydrogen-bond donors (Lipinski definition) is 7. The highest BCUT2D eigenvalue weighted by molar-refractivity contribution is 7.15. The summed E-state index contributed by atoms with van der Waals surface area (Å²) in [5, 5.41) is 42.7. The minimum absolute atomic E-state index is 0.0148. The number of rotatable bonds is 12. The van der Waals surface area contributed by atoms with Crippen LogP contribution in [0.15, 0.2) is 93.6 Å². The molecule has 0 spiro atoms. The summed E-state index contributed by atoms with van der Waals surface area (Å²) in [6, 6.07) is 15.0. The van der Waals surface area contributed by atoms with Gasteiger partial charge in [-0.05, 0) is 42.3 Å². The van der Waals surface area contributed by atoms with Crippen molar-refractivity contribution in [1.29, 1.82) is 0 Å². The van der Waals surface area contributed by atoms with Gasteiger partial charge in [-0.25, -0.2) is 34.9 Å². The maximum atomic E-state index is 15.4. The summed E-state index contributed by atoms with van der Waals surface area (Å²) >= 11 is 6.97. The Hall–Kier alpha value is -8.17. The molecule has 9 aromatic rings. The zero-order chi connectivity index (χ0) is 62.0. The Balaban J connectivity index is 0.931. The monoisotopic (exact) mass is 1310 g/mol. The van der Waals surface area contributed by atoms with E-state index < -0.39 is 84.2 Å². The minimum atomic E-state index is -1.40. The molecule has 9 N–H and O–H groups in total. The Morgan fingerprint density at radius 3 is 2.11 bits per heavy atom. The number of hydrogen-bond acceptors (Lipinski definition) is 24. The molecule has 0 unspecified atom stereocenters. The number of morpholine rings is 1. The first-order valence-electron chi connectivity index (χ1n) is 28.0. The van der Waals surface area contributed by atoms with E-state index in [0.717, 1.165) is 53.6 Å². The molecule has 3 aliphatic heterocycles. The van der Waals surface area contributed by atoms with E-state index >= 15 is 4.79 Å². The zero-order valence-electron chi connectivity index (χ0n) is 47.4. The van der Waals surface area contributed by atoms with Crippen LogP contribution in [0.5, 0.6) is 5.75 Å². The van der Waals surface area contributed by atoms with Gasteiger partial charge in [0.2, 0.25) is 11.8 Å². The van der Waals surface area contributed by atoms with Gasteiger partial charge in [0, 0.05) is 75.9 Å². The molecule has 458 valence electrons. The standard InChI is InChI=1S/C59H56N14O10S6/c1-28-42(74)22-73-47(28)58-69-41(27-88-58)55-65-37(23-85-55)45-33(12-13-34(62-45)54-66-38(24-86-54)49(61)77)53-67-39(25-84-53)50(78)63-35(21-43(60)75)56-71-44(29(2)89-56)52(80)70-46(48(76)31-6-4-3-5-7-31)57-68-40(26-87-57)51(79)64-36(59(73)81)20-30-8-10-32(11-9-30)83-19-16-72-14-17-82-18-15-72/h3-13,23-28,35-36,42,46-48,74,76H,14-22H2,1-2H3,(H2,60,75)(H2,61,77)(H,63,78)(H,64,79)(H,70,80)/t28-,35-,36-,42-,46-,47+,48+/m0/s1. The van der Waals surface area contributed by atoms with E-state index in [1.807, 2.05) is 36.6 Å². The van der Waals surface area contributed by atoms with E-state index in [4.69, 9.17) is 45.9 Å². The molecule has 7 atom stereocenters. The smallest absolute Gasteiger partial charge is 0.271 e. The third kappa shape index (κ3) is 13.4. The van der Waals surface area contributed by atoms with E-state index in [1.165, 1.54) is 44.8 Å². The van der Waals surface area contributed by atoms with E-state index in [2.05, 4.69) is 30.8 Å². The molecule has 10 bridgehead atoms. The molecule has 0 saturated carbocycles. The first-order chi connectivity index (χ1) is 43.0. The molecule has 2 aromatic carbocycles. The Labute approximate surface area is 532 Å². The summed E-state index contributed by atoms with van der Waals surface area (Å²) in [6.45, 7) is 7.59. The van der Waals surface area contributed by atoms with Crippen LogP contribution >= 0.6 is 68.0 Å². The second-order valence-electron chi connectivity index (χ2n) is 21.2. The van der Waals surface area contributed by atoms with Crippen molar-refractivity contribution in [3.8, 4) is 49.1 Å². The summed E-state index contributed by atoms with van der Waals surface area (Å²) in [4.78, 5) is 121. The highest BCUT2D eigenvalue weighted by Gasteiger charge is 2.45. The van der Waals surface area contributed by atoms with Crippen LogP contribution < -0.4 is 32.2 Å². The number of aliphatic hydroxyl groups excluding tert-OH is 2. The Morgan fingerprint density at radius 2 is 1.36 bits per heavy atom. The molecule has 10 heterocycles. The quantitative estimate of drug-likeness (QED) is 0.0696. The fourth-order valence-corrected chi connectivity index (χ4v) is 15.8. The largest absolute Gasteiger partial charge is 0.492 e. The predicted molar refractivity (Wildman–Crippen MR) is 336 cm³/mol. The number of nitrogens with two attached hydrogens (primary N) is 2. The number of primary amides is 2. The van der Waals surface area contributed by atoms with Crippen molar-refractivity contribution >= 4 is 103 Å². The van der Waals surface area contributed by atoms with Crippen LogP contribution in [0.3, 0.4) is 0 Å². The number of ether oxygens (including phenoxy) is 2. The average Bonchev–Trinajstić information content (AvgIpc) is 4.46. The SMILES string of the molecule is Cc1sc2nc1C(=O)N[C@@H]([C@H](O)c1ccccc1)c1nc(cs1)C(=O)N[C@@H](Cc1ccc(OCCN3CCOCC3)cc1)C(=O)N1C[C@H](O)[C@H](C)[C@@H]1c1nc(cs1)-c1nc(cs1)-c1nc(-c3nc(C(N)=O)cs3)ccc1-c1nc(cs1)C(=O)N[C@H]2CC(N)=O. The summed E-state index contributed by atoms with van der Waals surface area (Å²) in [5.74, 6) is -3.97. The minimum Gasteiger partial charge on any atom is -0.492 e. The van der Waals surface area contributed by atoms with Gasteiger partial charge in [0.05, 0.1) is 43.5 Å². The number of benzene rings is 2. The number of amides is 6. The lowest BCUT2D eigenvalue weighted by molar-refractivity contribution is -0.134. The first kappa shape index (κ1) is 61.1. The Bertz CT molecular complexity index is 4100. The molecule has 0 radical (unpaired) electrons. The van der Waals surface area contributed by atoms with Gasteiger partial charge in [-0.3, -0.25) is 33.7 Å². The number of carbonyl (C=O) groups excluding carboxylic acids is 6. The molecule has 24 nitrogen and oxygen atoms in total. The molecule has 6 amide bonds. The van der Waals surface area contributed by atoms with Gasteiger partial charge in [-0.1, -0.05) is 49.4 Å². The van der Waals surface area contributed by atoms with Crippen molar-refractivity contribution < 1.29 is 48.5 Å². The van der Waals surface area contributed by atoms with E-state index in [0.29, 0.717) is 89.9 Å². The molecule has 2 saturated heterocycles. The Kier molecular flexibility index (Phi) is 18.2. The maximum Gasteiger partial charge on any atom is 0.271 e. The maximum absolute atomic E-state index is 15.4. The number of aryl methyl sites for hydroxylation is 1. The summed E-state index contributed by atoms with van der Waals surface area (Å²) < 4.78 is 11.6. The van der Waals surface area contributed by atoms with Crippen LogP contribution in [0.1, 0.15) is 111 Å².